The summed E-state index contributed by atoms with van der Waals surface area (Å²) in [5, 5.41) is 11.1. The summed E-state index contributed by atoms with van der Waals surface area (Å²) in [5.41, 5.74) is 2.06. The first kappa shape index (κ1) is 20.5. The van der Waals surface area contributed by atoms with Crippen LogP contribution in [-0.4, -0.2) is 65.9 Å². The first-order valence-corrected chi connectivity index (χ1v) is 9.33. The van der Waals surface area contributed by atoms with Gasteiger partial charge in [-0.15, -0.1) is 0 Å². The van der Waals surface area contributed by atoms with E-state index >= 15 is 0 Å². The molecule has 0 aliphatic carbocycles. The van der Waals surface area contributed by atoms with E-state index in [1.54, 1.807) is 49.8 Å². The van der Waals surface area contributed by atoms with Crippen LogP contribution >= 0.6 is 0 Å². The highest BCUT2D eigenvalue weighted by Crippen LogP contribution is 2.39. The SMILES string of the molecule is COc1ccc(/C(O)=C2\C(=O)C(=O)N(CCN(C)C)[C@@H]2c2ccncc2)c(C)c1. The lowest BCUT2D eigenvalue weighted by Gasteiger charge is -2.26. The number of amides is 1. The Labute approximate surface area is 170 Å². The third kappa shape index (κ3) is 4.00. The Morgan fingerprint density at radius 3 is 2.48 bits per heavy atom. The predicted molar refractivity (Wildman–Crippen MR) is 110 cm³/mol. The molecule has 1 atom stereocenters. The number of carbonyl (C=O) groups excluding carboxylic acids is 2. The number of pyridine rings is 1. The zero-order chi connectivity index (χ0) is 21.1. The summed E-state index contributed by atoms with van der Waals surface area (Å²) in [6, 6.07) is 8.03. The Bertz CT molecular complexity index is 954. The van der Waals surface area contributed by atoms with Crippen LogP contribution in [0.3, 0.4) is 0 Å². The Morgan fingerprint density at radius 2 is 1.90 bits per heavy atom. The third-order valence-corrected chi connectivity index (χ3v) is 5.04. The first-order chi connectivity index (χ1) is 13.8. The van der Waals surface area contributed by atoms with E-state index in [0.717, 1.165) is 11.1 Å². The second kappa shape index (κ2) is 8.45. The molecule has 29 heavy (non-hydrogen) atoms. The van der Waals surface area contributed by atoms with Crippen molar-refractivity contribution in [3.8, 4) is 5.75 Å². The van der Waals surface area contributed by atoms with Crippen LogP contribution < -0.4 is 4.74 Å². The summed E-state index contributed by atoms with van der Waals surface area (Å²) in [6.45, 7) is 2.78. The first-order valence-electron chi connectivity index (χ1n) is 9.33. The van der Waals surface area contributed by atoms with Crippen molar-refractivity contribution in [3.63, 3.8) is 0 Å². The molecular weight excluding hydrogens is 370 g/mol. The molecule has 1 fully saturated rings. The van der Waals surface area contributed by atoms with Crippen LogP contribution in [0.4, 0.5) is 0 Å². The number of ether oxygens (including phenoxy) is 1. The van der Waals surface area contributed by atoms with Gasteiger partial charge in [-0.3, -0.25) is 14.6 Å². The molecule has 7 nitrogen and oxygen atoms in total. The van der Waals surface area contributed by atoms with Gasteiger partial charge in [0.05, 0.1) is 18.7 Å². The number of rotatable bonds is 6. The van der Waals surface area contributed by atoms with Crippen LogP contribution in [0, 0.1) is 6.92 Å². The molecule has 0 saturated carbocycles. The molecule has 1 aromatic heterocycles. The van der Waals surface area contributed by atoms with Gasteiger partial charge in [-0.25, -0.2) is 0 Å². The number of aromatic nitrogens is 1. The van der Waals surface area contributed by atoms with Gasteiger partial charge in [0.15, 0.2) is 0 Å². The van der Waals surface area contributed by atoms with Gasteiger partial charge < -0.3 is 19.6 Å². The fraction of sp³-hybridized carbons (Fsp3) is 0.318. The number of likely N-dealkylation sites (tertiary alicyclic amines) is 1. The van der Waals surface area contributed by atoms with Crippen LogP contribution in [0.5, 0.6) is 5.75 Å². The Morgan fingerprint density at radius 1 is 1.21 bits per heavy atom. The molecule has 2 heterocycles. The smallest absolute Gasteiger partial charge is 0.295 e. The fourth-order valence-electron chi connectivity index (χ4n) is 3.48. The maximum atomic E-state index is 12.9. The predicted octanol–water partition coefficient (Wildman–Crippen LogP) is 2.38. The molecule has 0 bridgehead atoms. The second-order valence-corrected chi connectivity index (χ2v) is 7.26. The normalized spacial score (nSPS) is 18.5. The van der Waals surface area contributed by atoms with Gasteiger partial charge in [-0.1, -0.05) is 0 Å². The van der Waals surface area contributed by atoms with Crippen molar-refractivity contribution in [1.29, 1.82) is 0 Å². The number of hydrogen-bond donors (Lipinski definition) is 1. The second-order valence-electron chi connectivity index (χ2n) is 7.26. The highest BCUT2D eigenvalue weighted by atomic mass is 16.5. The van der Waals surface area contributed by atoms with Crippen molar-refractivity contribution in [2.24, 2.45) is 0 Å². The van der Waals surface area contributed by atoms with Gasteiger partial charge in [0, 0.05) is 31.0 Å². The number of nitrogens with zero attached hydrogens (tertiary/aromatic N) is 3. The Kier molecular flexibility index (Phi) is 5.98. The summed E-state index contributed by atoms with van der Waals surface area (Å²) >= 11 is 0. The largest absolute Gasteiger partial charge is 0.507 e. The van der Waals surface area contributed by atoms with E-state index in [2.05, 4.69) is 4.98 Å². The van der Waals surface area contributed by atoms with Gasteiger partial charge in [-0.05, 0) is 62.5 Å². The van der Waals surface area contributed by atoms with Gasteiger partial charge in [0.25, 0.3) is 11.7 Å². The lowest BCUT2D eigenvalue weighted by atomic mass is 9.94. The minimum atomic E-state index is -0.682. The van der Waals surface area contributed by atoms with Crippen molar-refractivity contribution < 1.29 is 19.4 Å². The molecule has 1 aromatic carbocycles. The van der Waals surface area contributed by atoms with Crippen LogP contribution in [-0.2, 0) is 9.59 Å². The highest BCUT2D eigenvalue weighted by Gasteiger charge is 2.46. The van der Waals surface area contributed by atoms with Gasteiger partial charge in [-0.2, -0.15) is 0 Å². The van der Waals surface area contributed by atoms with Crippen molar-refractivity contribution >= 4 is 17.4 Å². The van der Waals surface area contributed by atoms with Crippen LogP contribution in [0.1, 0.15) is 22.7 Å². The monoisotopic (exact) mass is 395 g/mol. The Balaban J connectivity index is 2.15. The highest BCUT2D eigenvalue weighted by molar-refractivity contribution is 6.46. The number of methoxy groups -OCH3 is 1. The van der Waals surface area contributed by atoms with Gasteiger partial charge in [0.2, 0.25) is 0 Å². The van der Waals surface area contributed by atoms with Gasteiger partial charge in [0.1, 0.15) is 11.5 Å². The molecule has 0 unspecified atom stereocenters. The number of hydrogen-bond acceptors (Lipinski definition) is 6. The van der Waals surface area contributed by atoms with Crippen LogP contribution in [0.15, 0.2) is 48.3 Å². The minimum Gasteiger partial charge on any atom is -0.507 e. The molecule has 152 valence electrons. The fourth-order valence-corrected chi connectivity index (χ4v) is 3.48. The lowest BCUT2D eigenvalue weighted by molar-refractivity contribution is -0.140. The van der Waals surface area contributed by atoms with E-state index in [0.29, 0.717) is 24.4 Å². The van der Waals surface area contributed by atoms with Crippen LogP contribution in [0.25, 0.3) is 5.76 Å². The van der Waals surface area contributed by atoms with E-state index in [1.165, 1.54) is 4.90 Å². The van der Waals surface area contributed by atoms with E-state index < -0.39 is 17.7 Å². The molecule has 0 spiro atoms. The molecule has 1 amide bonds. The number of aryl methyl sites for hydroxylation is 1. The molecule has 1 saturated heterocycles. The number of likely N-dealkylation sites (N-methyl/N-ethyl adjacent to an activating group) is 1. The van der Waals surface area contributed by atoms with Crippen LogP contribution in [0.2, 0.25) is 0 Å². The third-order valence-electron chi connectivity index (χ3n) is 5.04. The number of carbonyl (C=O) groups is 2. The van der Waals surface area contributed by atoms with Crippen molar-refractivity contribution in [2.45, 2.75) is 13.0 Å². The summed E-state index contributed by atoms with van der Waals surface area (Å²) < 4.78 is 5.22. The lowest BCUT2D eigenvalue weighted by Crippen LogP contribution is -2.35. The van der Waals surface area contributed by atoms with Crippen molar-refractivity contribution in [1.82, 2.24) is 14.8 Å². The summed E-state index contributed by atoms with van der Waals surface area (Å²) in [7, 11) is 5.37. The van der Waals surface area contributed by atoms with E-state index in [-0.39, 0.29) is 11.3 Å². The topological polar surface area (TPSA) is 83.0 Å². The standard InChI is InChI=1S/C22H25N3O4/c1-14-13-16(29-4)5-6-17(14)20(26)18-19(15-7-9-23-10-8-15)25(12-11-24(2)3)22(28)21(18)27/h5-10,13,19,26H,11-12H2,1-4H3/b20-18+/t19-/m1/s1. The molecule has 1 N–H and O–H groups in total. The molecule has 2 aromatic rings. The number of benzene rings is 1. The molecule has 3 rings (SSSR count). The van der Waals surface area contributed by atoms with Crippen molar-refractivity contribution in [2.75, 3.05) is 34.3 Å². The number of Topliss-reactive ketones (excluding diaryl/α,β-unsaturated/α-hetero) is 1. The molecule has 1 aliphatic rings. The summed E-state index contributed by atoms with van der Waals surface area (Å²) in [4.78, 5) is 33.2. The average Bonchev–Trinajstić information content (AvgIpc) is 2.97. The summed E-state index contributed by atoms with van der Waals surface area (Å²) in [6.07, 6.45) is 3.22. The molecular formula is C22H25N3O4. The number of ketones is 1. The molecule has 1 aliphatic heterocycles. The quantitative estimate of drug-likeness (QED) is 0.459. The summed E-state index contributed by atoms with van der Waals surface area (Å²) in [5.74, 6) is -0.825. The maximum absolute atomic E-state index is 12.9. The van der Waals surface area contributed by atoms with Gasteiger partial charge >= 0.3 is 0 Å². The number of aliphatic hydroxyl groups is 1. The molecule has 7 heteroatoms. The van der Waals surface area contributed by atoms with Crippen molar-refractivity contribution in [3.05, 3.63) is 65.0 Å². The molecule has 0 radical (unpaired) electrons. The Hall–Kier alpha value is -3.19. The zero-order valence-corrected chi connectivity index (χ0v) is 17.0. The number of aliphatic hydroxyl groups excluding tert-OH is 1. The van der Waals surface area contributed by atoms with E-state index in [4.69, 9.17) is 4.74 Å². The van der Waals surface area contributed by atoms with E-state index in [9.17, 15) is 14.7 Å². The average molecular weight is 395 g/mol. The van der Waals surface area contributed by atoms with E-state index in [1.807, 2.05) is 25.9 Å². The minimum absolute atomic E-state index is 0.0909. The zero-order valence-electron chi connectivity index (χ0n) is 17.0. The maximum Gasteiger partial charge on any atom is 0.295 e.